The van der Waals surface area contributed by atoms with Gasteiger partial charge in [0.05, 0.1) is 17.4 Å². The van der Waals surface area contributed by atoms with E-state index in [9.17, 15) is 4.79 Å². The first-order chi connectivity index (χ1) is 13.5. The Morgan fingerprint density at radius 1 is 1.25 bits per heavy atom. The highest BCUT2D eigenvalue weighted by Gasteiger charge is 2.23. The van der Waals surface area contributed by atoms with E-state index in [0.717, 1.165) is 54.5 Å². The molecule has 0 saturated carbocycles. The summed E-state index contributed by atoms with van der Waals surface area (Å²) >= 11 is 0. The third-order valence-electron chi connectivity index (χ3n) is 5.98. The molecule has 0 saturated heterocycles. The van der Waals surface area contributed by atoms with E-state index in [1.807, 2.05) is 19.2 Å². The van der Waals surface area contributed by atoms with Crippen LogP contribution in [0.3, 0.4) is 0 Å². The maximum absolute atomic E-state index is 13.3. The largest absolute Gasteiger partial charge is 0.373 e. The highest BCUT2D eigenvalue weighted by molar-refractivity contribution is 5.93. The number of aryl methyl sites for hydroxylation is 1. The molecule has 3 aromatic rings. The number of aromatic nitrogens is 3. The van der Waals surface area contributed by atoms with Crippen molar-refractivity contribution in [2.24, 2.45) is 0 Å². The van der Waals surface area contributed by atoms with Crippen molar-refractivity contribution < 1.29 is 0 Å². The van der Waals surface area contributed by atoms with Gasteiger partial charge in [-0.2, -0.15) is 0 Å². The number of anilines is 1. The lowest BCUT2D eigenvalue weighted by Gasteiger charge is -2.30. The highest BCUT2D eigenvalue weighted by atomic mass is 16.1. The van der Waals surface area contributed by atoms with E-state index < -0.39 is 0 Å². The first-order valence-corrected chi connectivity index (χ1v) is 10.2. The fourth-order valence-corrected chi connectivity index (χ4v) is 4.14. The van der Waals surface area contributed by atoms with Crippen LogP contribution in [0, 0.1) is 6.92 Å². The zero-order chi connectivity index (χ0) is 19.8. The van der Waals surface area contributed by atoms with E-state index in [-0.39, 0.29) is 11.6 Å². The van der Waals surface area contributed by atoms with Crippen molar-refractivity contribution in [2.45, 2.75) is 52.5 Å². The number of hydrogen-bond donors (Lipinski definition) is 0. The van der Waals surface area contributed by atoms with Crippen molar-refractivity contribution >= 4 is 16.6 Å². The first-order valence-electron chi connectivity index (χ1n) is 10.2. The van der Waals surface area contributed by atoms with Gasteiger partial charge in [-0.1, -0.05) is 13.0 Å². The molecule has 0 N–H and O–H groups in total. The van der Waals surface area contributed by atoms with Gasteiger partial charge in [-0.25, -0.2) is 4.98 Å². The Balaban J connectivity index is 1.94. The number of hydrogen-bond acceptors (Lipinski definition) is 4. The van der Waals surface area contributed by atoms with Gasteiger partial charge in [-0.3, -0.25) is 14.3 Å². The Morgan fingerprint density at radius 2 is 2.07 bits per heavy atom. The average Bonchev–Trinajstić information content (AvgIpc) is 2.70. The minimum Gasteiger partial charge on any atom is -0.373 e. The first kappa shape index (κ1) is 18.7. The number of pyridine rings is 1. The molecule has 3 heterocycles. The van der Waals surface area contributed by atoms with Crippen molar-refractivity contribution in [2.75, 3.05) is 18.5 Å². The molecule has 0 aliphatic carbocycles. The summed E-state index contributed by atoms with van der Waals surface area (Å²) in [6.07, 6.45) is 7.51. The third-order valence-corrected chi connectivity index (χ3v) is 5.98. The molecule has 0 bridgehead atoms. The van der Waals surface area contributed by atoms with Crippen molar-refractivity contribution in [1.29, 1.82) is 0 Å². The molecule has 28 heavy (non-hydrogen) atoms. The monoisotopic (exact) mass is 376 g/mol. The molecule has 0 radical (unpaired) electrons. The van der Waals surface area contributed by atoms with Crippen LogP contribution in [0.4, 0.5) is 5.69 Å². The van der Waals surface area contributed by atoms with Crippen molar-refractivity contribution in [1.82, 2.24) is 14.5 Å². The number of fused-ring (bicyclic) bond motifs is 3. The smallest absolute Gasteiger partial charge is 0.261 e. The van der Waals surface area contributed by atoms with Gasteiger partial charge < -0.3 is 4.90 Å². The normalized spacial score (nSPS) is 14.9. The second kappa shape index (κ2) is 7.38. The second-order valence-corrected chi connectivity index (χ2v) is 7.98. The number of benzene rings is 1. The van der Waals surface area contributed by atoms with Crippen LogP contribution >= 0.6 is 0 Å². The summed E-state index contributed by atoms with van der Waals surface area (Å²) in [5.41, 5.74) is 6.77. The fraction of sp³-hybridized carbons (Fsp3) is 0.435. The number of rotatable bonds is 4. The van der Waals surface area contributed by atoms with E-state index in [1.54, 1.807) is 10.9 Å². The highest BCUT2D eigenvalue weighted by Crippen LogP contribution is 2.35. The van der Waals surface area contributed by atoms with Gasteiger partial charge >= 0.3 is 0 Å². The van der Waals surface area contributed by atoms with Crippen LogP contribution in [0.2, 0.25) is 0 Å². The third kappa shape index (κ3) is 3.19. The molecular weight excluding hydrogens is 348 g/mol. The van der Waals surface area contributed by atoms with Crippen molar-refractivity contribution in [3.63, 3.8) is 0 Å². The van der Waals surface area contributed by atoms with E-state index in [4.69, 9.17) is 4.98 Å². The van der Waals surface area contributed by atoms with Crippen molar-refractivity contribution in [3.05, 3.63) is 63.5 Å². The van der Waals surface area contributed by atoms with Crippen LogP contribution in [-0.4, -0.2) is 28.1 Å². The van der Waals surface area contributed by atoms with Crippen LogP contribution < -0.4 is 10.5 Å². The molecule has 0 spiro atoms. The van der Waals surface area contributed by atoms with E-state index in [1.165, 1.54) is 16.7 Å². The molecule has 5 nitrogen and oxygen atoms in total. The zero-order valence-electron chi connectivity index (χ0n) is 17.2. The predicted molar refractivity (Wildman–Crippen MR) is 114 cm³/mol. The van der Waals surface area contributed by atoms with Gasteiger partial charge in [0, 0.05) is 31.5 Å². The van der Waals surface area contributed by atoms with E-state index in [2.05, 4.69) is 42.9 Å². The van der Waals surface area contributed by atoms with Gasteiger partial charge in [0.25, 0.3) is 5.56 Å². The lowest BCUT2D eigenvalue weighted by Crippen LogP contribution is -2.29. The van der Waals surface area contributed by atoms with Gasteiger partial charge in [-0.15, -0.1) is 0 Å². The standard InChI is InChI=1S/C23H28N4O/c1-5-16(3)27-14-25-21-20(23(27)28)12-18(11-17-9-8-15(2)24-13-17)19-7-6-10-26(4)22(19)21/h8-9,12-14,16H,5-7,10-11H2,1-4H3/t16-/m1/s1. The van der Waals surface area contributed by atoms with Gasteiger partial charge in [0.15, 0.2) is 0 Å². The minimum atomic E-state index is 0.0596. The molecule has 1 aliphatic heterocycles. The van der Waals surface area contributed by atoms with Crippen LogP contribution in [0.25, 0.3) is 10.9 Å². The maximum atomic E-state index is 13.3. The predicted octanol–water partition coefficient (Wildman–Crippen LogP) is 4.04. The van der Waals surface area contributed by atoms with Crippen LogP contribution in [0.1, 0.15) is 55.1 Å². The summed E-state index contributed by atoms with van der Waals surface area (Å²) < 4.78 is 1.77. The molecular formula is C23H28N4O. The Hall–Kier alpha value is -2.69. The van der Waals surface area contributed by atoms with E-state index in [0.29, 0.717) is 0 Å². The lowest BCUT2D eigenvalue weighted by molar-refractivity contribution is 0.510. The molecule has 4 rings (SSSR count). The van der Waals surface area contributed by atoms with Crippen LogP contribution in [0.15, 0.2) is 35.5 Å². The fourth-order valence-electron chi connectivity index (χ4n) is 4.14. The average molecular weight is 377 g/mol. The van der Waals surface area contributed by atoms with E-state index >= 15 is 0 Å². The molecule has 2 aromatic heterocycles. The molecule has 0 fully saturated rings. The lowest BCUT2D eigenvalue weighted by atomic mass is 9.91. The van der Waals surface area contributed by atoms with Gasteiger partial charge in [0.2, 0.25) is 0 Å². The summed E-state index contributed by atoms with van der Waals surface area (Å²) in [7, 11) is 2.11. The minimum absolute atomic E-state index is 0.0596. The van der Waals surface area contributed by atoms with Crippen molar-refractivity contribution in [3.8, 4) is 0 Å². The summed E-state index contributed by atoms with van der Waals surface area (Å²) in [6, 6.07) is 6.41. The molecule has 5 heteroatoms. The summed E-state index contributed by atoms with van der Waals surface area (Å²) in [6.45, 7) is 7.16. The Morgan fingerprint density at radius 3 is 2.79 bits per heavy atom. The Labute approximate surface area is 166 Å². The maximum Gasteiger partial charge on any atom is 0.261 e. The molecule has 0 amide bonds. The molecule has 1 aliphatic rings. The summed E-state index contributed by atoms with van der Waals surface area (Å²) in [5, 5.41) is 0.727. The Bertz CT molecular complexity index is 1070. The summed E-state index contributed by atoms with van der Waals surface area (Å²) in [4.78, 5) is 24.7. The number of nitrogens with zero attached hydrogens (tertiary/aromatic N) is 4. The quantitative estimate of drug-likeness (QED) is 0.689. The van der Waals surface area contributed by atoms with Crippen LogP contribution in [-0.2, 0) is 12.8 Å². The molecule has 1 aromatic carbocycles. The SMILES string of the molecule is CC[C@@H](C)n1cnc2c3c(c(Cc4ccc(C)nc4)cc2c1=O)CCCN3C. The zero-order valence-corrected chi connectivity index (χ0v) is 17.2. The Kier molecular flexibility index (Phi) is 4.92. The molecule has 0 unspecified atom stereocenters. The van der Waals surface area contributed by atoms with Gasteiger partial charge in [-0.05, 0) is 68.4 Å². The summed E-state index contributed by atoms with van der Waals surface area (Å²) in [5.74, 6) is 0. The van der Waals surface area contributed by atoms with Gasteiger partial charge in [0.1, 0.15) is 5.52 Å². The second-order valence-electron chi connectivity index (χ2n) is 7.98. The molecule has 1 atom stereocenters. The molecule has 146 valence electrons. The van der Waals surface area contributed by atoms with Crippen LogP contribution in [0.5, 0.6) is 0 Å². The topological polar surface area (TPSA) is 51.0 Å².